The van der Waals surface area contributed by atoms with Gasteiger partial charge in [0.2, 0.25) is 15.9 Å². The van der Waals surface area contributed by atoms with Crippen LogP contribution in [0.3, 0.4) is 0 Å². The molecule has 1 aliphatic carbocycles. The van der Waals surface area contributed by atoms with E-state index < -0.39 is 63.1 Å². The van der Waals surface area contributed by atoms with Crippen molar-refractivity contribution in [2.24, 2.45) is 0 Å². The van der Waals surface area contributed by atoms with Crippen molar-refractivity contribution in [1.82, 2.24) is 24.6 Å². The summed E-state index contributed by atoms with van der Waals surface area (Å²) < 4.78 is 124. The van der Waals surface area contributed by atoms with Crippen LogP contribution in [0.5, 0.6) is 5.75 Å². The molecule has 0 radical (unpaired) electrons. The number of carbonyl (C=O) groups is 1. The maximum absolute atomic E-state index is 14.2. The van der Waals surface area contributed by atoms with Crippen molar-refractivity contribution in [3.8, 4) is 5.75 Å². The van der Waals surface area contributed by atoms with Crippen molar-refractivity contribution >= 4 is 55.2 Å². The van der Waals surface area contributed by atoms with Gasteiger partial charge in [-0.05, 0) is 54.8 Å². The van der Waals surface area contributed by atoms with E-state index in [9.17, 15) is 43.9 Å². The number of sulfonamides is 1. The maximum Gasteiger partial charge on any atom is 0.573 e. The van der Waals surface area contributed by atoms with E-state index in [1.807, 2.05) is 0 Å². The van der Waals surface area contributed by atoms with Crippen LogP contribution in [0.1, 0.15) is 35.7 Å². The summed E-state index contributed by atoms with van der Waals surface area (Å²) in [6, 6.07) is 3.96. The molecule has 3 heterocycles. The molecule has 10 nitrogen and oxygen atoms in total. The Morgan fingerprint density at radius 3 is 2.35 bits per heavy atom. The quantitative estimate of drug-likeness (QED) is 0.231. The lowest BCUT2D eigenvalue weighted by Gasteiger charge is -2.39. The largest absolute Gasteiger partial charge is 0.573 e. The first-order valence-electron chi connectivity index (χ1n) is 14.0. The molecule has 1 atom stereocenters. The van der Waals surface area contributed by atoms with Crippen molar-refractivity contribution in [3.05, 3.63) is 71.4 Å². The van der Waals surface area contributed by atoms with Gasteiger partial charge in [-0.2, -0.15) is 22.5 Å². The molecule has 2 aliphatic rings. The summed E-state index contributed by atoms with van der Waals surface area (Å²) in [5.41, 5.74) is -0.563. The number of anilines is 1. The van der Waals surface area contributed by atoms with Gasteiger partial charge in [0, 0.05) is 32.1 Å². The highest BCUT2D eigenvalue weighted by Crippen LogP contribution is 2.39. The summed E-state index contributed by atoms with van der Waals surface area (Å²) >= 11 is 1.23. The van der Waals surface area contributed by atoms with Gasteiger partial charge in [0.1, 0.15) is 11.9 Å². The number of piperazine rings is 1. The zero-order valence-corrected chi connectivity index (χ0v) is 26.7. The van der Waals surface area contributed by atoms with Crippen LogP contribution in [0.2, 0.25) is 0 Å². The fourth-order valence-electron chi connectivity index (χ4n) is 4.97. The van der Waals surface area contributed by atoms with E-state index in [1.54, 1.807) is 11.1 Å². The molecule has 2 aromatic carbocycles. The molecule has 2 fully saturated rings. The Bertz CT molecular complexity index is 1920. The van der Waals surface area contributed by atoms with Gasteiger partial charge in [0.05, 0.1) is 21.4 Å². The molecular weight excluding hydrogens is 717 g/mol. The number of fused-ring (bicyclic) bond motifs is 1. The zero-order chi connectivity index (χ0) is 33.7. The first-order chi connectivity index (χ1) is 22.1. The average Bonchev–Trinajstić information content (AvgIpc) is 3.78. The van der Waals surface area contributed by atoms with Crippen LogP contribution in [-0.2, 0) is 27.5 Å². The lowest BCUT2D eigenvalue weighted by atomic mass is 10.1. The van der Waals surface area contributed by atoms with Crippen LogP contribution >= 0.6 is 23.7 Å². The van der Waals surface area contributed by atoms with Gasteiger partial charge in [-0.15, -0.1) is 25.6 Å². The molecule has 4 aromatic rings. The summed E-state index contributed by atoms with van der Waals surface area (Å²) in [5, 5.41) is 2.92. The Kier molecular flexibility index (Phi) is 9.79. The monoisotopic (exact) mass is 740 g/mol. The number of carbonyl (C=O) groups excluding carboxylic acids is 1. The molecule has 1 N–H and O–H groups in total. The summed E-state index contributed by atoms with van der Waals surface area (Å²) in [6.07, 6.45) is -6.22. The van der Waals surface area contributed by atoms with Crippen molar-refractivity contribution in [3.63, 3.8) is 0 Å². The third kappa shape index (κ3) is 7.74. The predicted molar refractivity (Wildman–Crippen MR) is 161 cm³/mol. The van der Waals surface area contributed by atoms with E-state index in [4.69, 9.17) is 0 Å². The topological polar surface area (TPSA) is 118 Å². The summed E-state index contributed by atoms with van der Waals surface area (Å²) in [6.45, 7) is -0.804. The first kappa shape index (κ1) is 35.5. The lowest BCUT2D eigenvalue weighted by molar-refractivity contribution is -0.275. The third-order valence-corrected chi connectivity index (χ3v) is 10.4. The minimum absolute atomic E-state index is 0. The lowest BCUT2D eigenvalue weighted by Crippen LogP contribution is -2.60. The second kappa shape index (κ2) is 13.2. The number of benzene rings is 2. The van der Waals surface area contributed by atoms with Crippen molar-refractivity contribution in [2.45, 2.75) is 48.8 Å². The summed E-state index contributed by atoms with van der Waals surface area (Å²) in [7, 11) is -4.51. The van der Waals surface area contributed by atoms with E-state index in [0.29, 0.717) is 33.4 Å². The van der Waals surface area contributed by atoms with Gasteiger partial charge < -0.3 is 15.0 Å². The van der Waals surface area contributed by atoms with Crippen molar-refractivity contribution in [1.29, 1.82) is 0 Å². The SMILES string of the molecule is Cl.O=C(NCc1ccc(OC(F)(F)F)c(F)c1)[C@H]1CN(c2nc3nc(C4CC4)ncc3s2)CCN1S(=O)(=O)c1ccc(C(F)(F)F)cc1. The number of alkyl halides is 6. The minimum Gasteiger partial charge on any atom is -0.403 e. The molecule has 48 heavy (non-hydrogen) atoms. The predicted octanol–water partition coefficient (Wildman–Crippen LogP) is 5.64. The molecule has 1 amide bonds. The number of aromatic nitrogens is 3. The van der Waals surface area contributed by atoms with Crippen molar-refractivity contribution in [2.75, 3.05) is 24.5 Å². The number of rotatable bonds is 8. The molecule has 0 spiro atoms. The highest BCUT2D eigenvalue weighted by Gasteiger charge is 2.41. The highest BCUT2D eigenvalue weighted by molar-refractivity contribution is 7.89. The zero-order valence-electron chi connectivity index (χ0n) is 24.3. The number of hydrogen-bond donors (Lipinski definition) is 1. The number of hydrogen-bond acceptors (Lipinski definition) is 9. The van der Waals surface area contributed by atoms with E-state index in [0.717, 1.165) is 47.5 Å². The molecule has 258 valence electrons. The van der Waals surface area contributed by atoms with Crippen LogP contribution in [-0.4, -0.2) is 65.6 Å². The molecule has 20 heteroatoms. The van der Waals surface area contributed by atoms with Crippen molar-refractivity contribution < 1.29 is 48.7 Å². The Morgan fingerprint density at radius 1 is 1.02 bits per heavy atom. The van der Waals surface area contributed by atoms with E-state index in [2.05, 4.69) is 25.0 Å². The Morgan fingerprint density at radius 2 is 1.73 bits per heavy atom. The second-order valence-electron chi connectivity index (χ2n) is 10.8. The molecule has 0 unspecified atom stereocenters. The number of amides is 1. The van der Waals surface area contributed by atoms with E-state index in [1.165, 1.54) is 11.3 Å². The second-order valence-corrected chi connectivity index (χ2v) is 13.7. The maximum atomic E-state index is 14.2. The normalized spacial score (nSPS) is 17.6. The van der Waals surface area contributed by atoms with Crippen LogP contribution in [0.4, 0.5) is 35.9 Å². The molecular formula is C28H24ClF7N6O4S2. The first-order valence-corrected chi connectivity index (χ1v) is 16.2. The average molecular weight is 741 g/mol. The van der Waals surface area contributed by atoms with Gasteiger partial charge in [-0.1, -0.05) is 17.4 Å². The molecule has 1 saturated heterocycles. The van der Waals surface area contributed by atoms with Crippen LogP contribution in [0.25, 0.3) is 10.3 Å². The molecule has 6 rings (SSSR count). The molecule has 1 saturated carbocycles. The van der Waals surface area contributed by atoms with E-state index >= 15 is 0 Å². The van der Waals surface area contributed by atoms with Gasteiger partial charge in [-0.3, -0.25) is 4.79 Å². The fraction of sp³-hybridized carbons (Fsp3) is 0.357. The van der Waals surface area contributed by atoms with Gasteiger partial charge in [-0.25, -0.2) is 22.8 Å². The van der Waals surface area contributed by atoms with E-state index in [-0.39, 0.29) is 43.5 Å². The summed E-state index contributed by atoms with van der Waals surface area (Å²) in [5.74, 6) is -2.31. The highest BCUT2D eigenvalue weighted by atomic mass is 35.5. The number of thiazole rings is 1. The summed E-state index contributed by atoms with van der Waals surface area (Å²) in [4.78, 5) is 28.2. The number of halogens is 8. The third-order valence-electron chi connectivity index (χ3n) is 7.48. The van der Waals surface area contributed by atoms with Gasteiger partial charge in [0.25, 0.3) is 0 Å². The van der Waals surface area contributed by atoms with Crippen LogP contribution < -0.4 is 15.0 Å². The minimum atomic E-state index is -5.12. The van der Waals surface area contributed by atoms with Gasteiger partial charge >= 0.3 is 12.5 Å². The Hall–Kier alpha value is -3.81. The standard InChI is InChI=1S/C28H23F7N6O4S2.ClH/c29-19-11-15(1-8-21(19)45-28(33,34)35)12-37-25(42)20-14-40(26-39-24-22(46-26)13-36-23(38-24)16-2-3-16)9-10-41(20)47(43,44)18-6-4-17(5-7-18)27(30,31)32;/h1,4-8,11,13,16,20H,2-3,9-10,12,14H2,(H,37,42);1H/t20-;/m1./s1. The molecule has 1 aliphatic heterocycles. The number of nitrogens with one attached hydrogen (secondary N) is 1. The number of ether oxygens (including phenoxy) is 1. The van der Waals surface area contributed by atoms with Crippen LogP contribution in [0, 0.1) is 5.82 Å². The van der Waals surface area contributed by atoms with Crippen LogP contribution in [0.15, 0.2) is 53.6 Å². The Labute approximate surface area is 278 Å². The molecule has 0 bridgehead atoms. The molecule has 2 aromatic heterocycles. The van der Waals surface area contributed by atoms with Gasteiger partial charge in [0.15, 0.2) is 22.3 Å². The number of nitrogens with zero attached hydrogens (tertiary/aromatic N) is 5. The fourth-order valence-corrected chi connectivity index (χ4v) is 7.46. The smallest absolute Gasteiger partial charge is 0.403 e. The Balaban J connectivity index is 0.00000451.